The van der Waals surface area contributed by atoms with E-state index in [4.69, 9.17) is 0 Å². The van der Waals surface area contributed by atoms with E-state index in [1.807, 2.05) is 31.2 Å². The number of hydrogen-bond donors (Lipinski definition) is 1. The van der Waals surface area contributed by atoms with Crippen LogP contribution in [-0.4, -0.2) is 36.5 Å². The molecule has 0 bridgehead atoms. The molecule has 1 aromatic carbocycles. The summed E-state index contributed by atoms with van der Waals surface area (Å²) in [7, 11) is 0. The summed E-state index contributed by atoms with van der Waals surface area (Å²) >= 11 is 0. The standard InChI is InChI=1S/C14H18N2O/c1-10-2-4-11(5-3-10)14(17)16-7-6-12-8-15-9-13(12)16/h2-5,12-13,15H,6-9H2,1H3/t12-,13+/m1/s1. The van der Waals surface area contributed by atoms with Gasteiger partial charge in [-0.1, -0.05) is 17.7 Å². The number of carbonyl (C=O) groups is 1. The van der Waals surface area contributed by atoms with Crippen LogP contribution in [0.4, 0.5) is 0 Å². The summed E-state index contributed by atoms with van der Waals surface area (Å²) in [6.45, 7) is 5.00. The first-order valence-corrected chi connectivity index (χ1v) is 6.34. The van der Waals surface area contributed by atoms with E-state index < -0.39 is 0 Å². The first kappa shape index (κ1) is 10.8. The highest BCUT2D eigenvalue weighted by molar-refractivity contribution is 5.94. The van der Waals surface area contributed by atoms with E-state index >= 15 is 0 Å². The molecule has 1 N–H and O–H groups in total. The lowest BCUT2D eigenvalue weighted by molar-refractivity contribution is 0.0737. The Morgan fingerprint density at radius 3 is 2.82 bits per heavy atom. The van der Waals surface area contributed by atoms with Crippen LogP contribution in [0, 0.1) is 12.8 Å². The van der Waals surface area contributed by atoms with Gasteiger partial charge in [0.15, 0.2) is 0 Å². The van der Waals surface area contributed by atoms with Crippen molar-refractivity contribution in [1.82, 2.24) is 10.2 Å². The van der Waals surface area contributed by atoms with Gasteiger partial charge < -0.3 is 10.2 Å². The van der Waals surface area contributed by atoms with Crippen molar-refractivity contribution in [1.29, 1.82) is 0 Å². The molecular weight excluding hydrogens is 212 g/mol. The van der Waals surface area contributed by atoms with Crippen molar-refractivity contribution in [2.24, 2.45) is 5.92 Å². The van der Waals surface area contributed by atoms with Gasteiger partial charge in [0.25, 0.3) is 5.91 Å². The molecule has 2 aliphatic rings. The van der Waals surface area contributed by atoms with Gasteiger partial charge in [-0.05, 0) is 31.4 Å². The molecule has 2 saturated heterocycles. The van der Waals surface area contributed by atoms with Gasteiger partial charge in [0.05, 0.1) is 0 Å². The number of likely N-dealkylation sites (tertiary alicyclic amines) is 1. The third kappa shape index (κ3) is 1.84. The van der Waals surface area contributed by atoms with Gasteiger partial charge in [-0.25, -0.2) is 0 Å². The van der Waals surface area contributed by atoms with Crippen molar-refractivity contribution in [3.8, 4) is 0 Å². The molecule has 3 heteroatoms. The molecule has 0 radical (unpaired) electrons. The fraction of sp³-hybridized carbons (Fsp3) is 0.500. The van der Waals surface area contributed by atoms with Gasteiger partial charge in [0.1, 0.15) is 0 Å². The van der Waals surface area contributed by atoms with Crippen molar-refractivity contribution >= 4 is 5.91 Å². The highest BCUT2D eigenvalue weighted by atomic mass is 16.2. The number of amides is 1. The lowest BCUT2D eigenvalue weighted by atomic mass is 10.0. The Morgan fingerprint density at radius 1 is 1.29 bits per heavy atom. The van der Waals surface area contributed by atoms with Gasteiger partial charge in [-0.3, -0.25) is 4.79 Å². The van der Waals surface area contributed by atoms with Crippen LogP contribution in [0.15, 0.2) is 24.3 Å². The quantitative estimate of drug-likeness (QED) is 0.791. The molecule has 0 aliphatic carbocycles. The second kappa shape index (κ2) is 4.15. The lowest BCUT2D eigenvalue weighted by Crippen LogP contribution is -2.39. The van der Waals surface area contributed by atoms with Gasteiger partial charge >= 0.3 is 0 Å². The Labute approximate surface area is 102 Å². The molecule has 90 valence electrons. The Kier molecular flexibility index (Phi) is 2.63. The van der Waals surface area contributed by atoms with E-state index in [9.17, 15) is 4.79 Å². The van der Waals surface area contributed by atoms with E-state index in [0.717, 1.165) is 31.6 Å². The van der Waals surface area contributed by atoms with E-state index in [2.05, 4.69) is 10.2 Å². The summed E-state index contributed by atoms with van der Waals surface area (Å²) in [6, 6.07) is 8.31. The minimum absolute atomic E-state index is 0.196. The third-order valence-electron chi connectivity index (χ3n) is 4.00. The summed E-state index contributed by atoms with van der Waals surface area (Å²) in [4.78, 5) is 14.4. The zero-order chi connectivity index (χ0) is 11.8. The number of nitrogens with one attached hydrogen (secondary N) is 1. The maximum absolute atomic E-state index is 12.4. The Morgan fingerprint density at radius 2 is 2.06 bits per heavy atom. The number of nitrogens with zero attached hydrogens (tertiary/aromatic N) is 1. The van der Waals surface area contributed by atoms with Crippen LogP contribution >= 0.6 is 0 Å². The molecule has 17 heavy (non-hydrogen) atoms. The topological polar surface area (TPSA) is 32.3 Å². The fourth-order valence-corrected chi connectivity index (χ4v) is 2.96. The average molecular weight is 230 g/mol. The Balaban J connectivity index is 1.80. The highest BCUT2D eigenvalue weighted by Gasteiger charge is 2.39. The van der Waals surface area contributed by atoms with Gasteiger partial charge in [0, 0.05) is 31.2 Å². The maximum Gasteiger partial charge on any atom is 0.254 e. The molecule has 0 saturated carbocycles. The van der Waals surface area contributed by atoms with Crippen LogP contribution in [0.3, 0.4) is 0 Å². The SMILES string of the molecule is Cc1ccc(C(=O)N2CC[C@@H]3CNC[C@@H]32)cc1. The lowest BCUT2D eigenvalue weighted by Gasteiger charge is -2.23. The largest absolute Gasteiger partial charge is 0.334 e. The highest BCUT2D eigenvalue weighted by Crippen LogP contribution is 2.28. The second-order valence-corrected chi connectivity index (χ2v) is 5.14. The van der Waals surface area contributed by atoms with Crippen molar-refractivity contribution in [2.75, 3.05) is 19.6 Å². The molecule has 3 rings (SSSR count). The first-order valence-electron chi connectivity index (χ1n) is 6.34. The molecule has 2 heterocycles. The molecule has 2 aliphatic heterocycles. The zero-order valence-electron chi connectivity index (χ0n) is 10.1. The predicted molar refractivity (Wildman–Crippen MR) is 67.0 cm³/mol. The predicted octanol–water partition coefficient (Wildman–Crippen LogP) is 1.43. The summed E-state index contributed by atoms with van der Waals surface area (Å²) in [5, 5.41) is 3.38. The van der Waals surface area contributed by atoms with Crippen molar-refractivity contribution in [2.45, 2.75) is 19.4 Å². The molecule has 1 amide bonds. The molecule has 0 unspecified atom stereocenters. The van der Waals surface area contributed by atoms with Crippen LogP contribution in [0.25, 0.3) is 0 Å². The van der Waals surface area contributed by atoms with Gasteiger partial charge in [-0.2, -0.15) is 0 Å². The summed E-state index contributed by atoms with van der Waals surface area (Å²) in [5.74, 6) is 0.866. The molecule has 0 aromatic heterocycles. The molecule has 0 spiro atoms. The number of rotatable bonds is 1. The van der Waals surface area contributed by atoms with Crippen molar-refractivity contribution in [3.63, 3.8) is 0 Å². The summed E-state index contributed by atoms with van der Waals surface area (Å²) in [5.41, 5.74) is 2.02. The summed E-state index contributed by atoms with van der Waals surface area (Å²) < 4.78 is 0. The Hall–Kier alpha value is -1.35. The smallest absolute Gasteiger partial charge is 0.254 e. The third-order valence-corrected chi connectivity index (χ3v) is 4.00. The molecule has 2 fully saturated rings. The summed E-state index contributed by atoms with van der Waals surface area (Å²) in [6.07, 6.45) is 1.15. The number of fused-ring (bicyclic) bond motifs is 1. The normalized spacial score (nSPS) is 27.2. The van der Waals surface area contributed by atoms with Crippen LogP contribution in [0.2, 0.25) is 0 Å². The minimum Gasteiger partial charge on any atom is -0.334 e. The average Bonchev–Trinajstić information content (AvgIpc) is 2.90. The fourth-order valence-electron chi connectivity index (χ4n) is 2.96. The van der Waals surface area contributed by atoms with E-state index in [-0.39, 0.29) is 5.91 Å². The number of carbonyl (C=O) groups excluding carboxylic acids is 1. The second-order valence-electron chi connectivity index (χ2n) is 5.14. The van der Waals surface area contributed by atoms with Crippen molar-refractivity contribution < 1.29 is 4.79 Å². The molecule has 1 aromatic rings. The van der Waals surface area contributed by atoms with Crippen molar-refractivity contribution in [3.05, 3.63) is 35.4 Å². The number of benzene rings is 1. The first-order chi connectivity index (χ1) is 8.25. The zero-order valence-corrected chi connectivity index (χ0v) is 10.1. The Bertz CT molecular complexity index is 426. The van der Waals surface area contributed by atoms with Crippen LogP contribution in [-0.2, 0) is 0 Å². The number of hydrogen-bond acceptors (Lipinski definition) is 2. The molecule has 2 atom stereocenters. The monoisotopic (exact) mass is 230 g/mol. The van der Waals surface area contributed by atoms with Crippen LogP contribution < -0.4 is 5.32 Å². The number of aryl methyl sites for hydroxylation is 1. The molecular formula is C14H18N2O. The van der Waals surface area contributed by atoms with E-state index in [1.165, 1.54) is 5.56 Å². The maximum atomic E-state index is 12.4. The van der Waals surface area contributed by atoms with E-state index in [0.29, 0.717) is 12.0 Å². The van der Waals surface area contributed by atoms with Gasteiger partial charge in [0.2, 0.25) is 0 Å². The minimum atomic E-state index is 0.196. The van der Waals surface area contributed by atoms with E-state index in [1.54, 1.807) is 0 Å². The van der Waals surface area contributed by atoms with Crippen LogP contribution in [0.5, 0.6) is 0 Å². The van der Waals surface area contributed by atoms with Crippen LogP contribution in [0.1, 0.15) is 22.3 Å². The molecule has 3 nitrogen and oxygen atoms in total. The van der Waals surface area contributed by atoms with Gasteiger partial charge in [-0.15, -0.1) is 0 Å².